The van der Waals surface area contributed by atoms with E-state index in [1.165, 1.54) is 6.42 Å². The average Bonchev–Trinajstić information content (AvgIpc) is 2.64. The molecule has 2 unspecified atom stereocenters. The standard InChI is InChI=1S/C12H16BrN3O/c13-9-6-7(4-5-8(9)12(15)17)16-11-3-1-2-10(11)14/h4-6,10-11,16H,1-3,14H2,(H2,15,17). The van der Waals surface area contributed by atoms with E-state index in [4.69, 9.17) is 11.5 Å². The van der Waals surface area contributed by atoms with E-state index >= 15 is 0 Å². The Kier molecular flexibility index (Phi) is 3.69. The Labute approximate surface area is 109 Å². The molecule has 0 aliphatic heterocycles. The molecule has 1 saturated carbocycles. The Balaban J connectivity index is 2.12. The highest BCUT2D eigenvalue weighted by atomic mass is 79.9. The summed E-state index contributed by atoms with van der Waals surface area (Å²) in [6.45, 7) is 0. The molecule has 1 aliphatic rings. The van der Waals surface area contributed by atoms with Crippen molar-refractivity contribution in [1.82, 2.24) is 0 Å². The quantitative estimate of drug-likeness (QED) is 0.796. The second kappa shape index (κ2) is 5.06. The Morgan fingerprint density at radius 2 is 2.18 bits per heavy atom. The van der Waals surface area contributed by atoms with Crippen molar-refractivity contribution >= 4 is 27.5 Å². The summed E-state index contributed by atoms with van der Waals surface area (Å²) in [4.78, 5) is 11.1. The molecular formula is C12H16BrN3O. The van der Waals surface area contributed by atoms with Gasteiger partial charge in [-0.15, -0.1) is 0 Å². The molecule has 2 atom stereocenters. The van der Waals surface area contributed by atoms with Crippen molar-refractivity contribution in [3.8, 4) is 0 Å². The van der Waals surface area contributed by atoms with Crippen LogP contribution < -0.4 is 16.8 Å². The van der Waals surface area contributed by atoms with Crippen LogP contribution in [0.4, 0.5) is 5.69 Å². The van der Waals surface area contributed by atoms with Crippen LogP contribution in [0.2, 0.25) is 0 Å². The monoisotopic (exact) mass is 297 g/mol. The molecule has 0 aromatic heterocycles. The summed E-state index contributed by atoms with van der Waals surface area (Å²) in [5, 5.41) is 3.39. The van der Waals surface area contributed by atoms with E-state index in [1.54, 1.807) is 6.07 Å². The Morgan fingerprint density at radius 3 is 2.71 bits per heavy atom. The predicted molar refractivity (Wildman–Crippen MR) is 71.9 cm³/mol. The van der Waals surface area contributed by atoms with Crippen LogP contribution in [0.25, 0.3) is 0 Å². The van der Waals surface area contributed by atoms with Crippen molar-refractivity contribution in [3.63, 3.8) is 0 Å². The van der Waals surface area contributed by atoms with Crippen LogP contribution in [0.5, 0.6) is 0 Å². The number of hydrogen-bond donors (Lipinski definition) is 3. The van der Waals surface area contributed by atoms with Crippen molar-refractivity contribution in [3.05, 3.63) is 28.2 Å². The lowest BCUT2D eigenvalue weighted by atomic mass is 10.1. The second-order valence-corrected chi connectivity index (χ2v) is 5.26. The number of nitrogens with one attached hydrogen (secondary N) is 1. The van der Waals surface area contributed by atoms with Crippen molar-refractivity contribution in [2.24, 2.45) is 11.5 Å². The first-order chi connectivity index (χ1) is 8.08. The number of primary amides is 1. The van der Waals surface area contributed by atoms with E-state index < -0.39 is 5.91 Å². The Bertz CT molecular complexity index is 436. The van der Waals surface area contributed by atoms with Gasteiger partial charge in [0.05, 0.1) is 5.56 Å². The van der Waals surface area contributed by atoms with Gasteiger partial charge < -0.3 is 16.8 Å². The molecule has 0 heterocycles. The van der Waals surface area contributed by atoms with Gasteiger partial charge in [0.1, 0.15) is 0 Å². The number of amides is 1. The molecule has 5 heteroatoms. The minimum Gasteiger partial charge on any atom is -0.381 e. The zero-order chi connectivity index (χ0) is 12.4. The van der Waals surface area contributed by atoms with Crippen molar-refractivity contribution < 1.29 is 4.79 Å². The molecule has 0 saturated heterocycles. The minimum atomic E-state index is -0.430. The van der Waals surface area contributed by atoms with Gasteiger partial charge in [-0.25, -0.2) is 0 Å². The molecule has 0 spiro atoms. The molecule has 1 aromatic rings. The molecule has 17 heavy (non-hydrogen) atoms. The summed E-state index contributed by atoms with van der Waals surface area (Å²) in [6, 6.07) is 5.97. The van der Waals surface area contributed by atoms with Gasteiger partial charge in [-0.05, 0) is 53.4 Å². The Morgan fingerprint density at radius 1 is 1.41 bits per heavy atom. The van der Waals surface area contributed by atoms with Crippen molar-refractivity contribution in [2.45, 2.75) is 31.3 Å². The van der Waals surface area contributed by atoms with Gasteiger partial charge in [-0.3, -0.25) is 4.79 Å². The predicted octanol–water partition coefficient (Wildman–Crippen LogP) is 1.84. The number of hydrogen-bond acceptors (Lipinski definition) is 3. The molecule has 5 N–H and O–H groups in total. The number of nitrogens with two attached hydrogens (primary N) is 2. The van der Waals surface area contributed by atoms with Gasteiger partial charge in [0, 0.05) is 22.2 Å². The maximum Gasteiger partial charge on any atom is 0.249 e. The van der Waals surface area contributed by atoms with Gasteiger partial charge in [0.15, 0.2) is 0 Å². The fraction of sp³-hybridized carbons (Fsp3) is 0.417. The van der Waals surface area contributed by atoms with E-state index in [0.717, 1.165) is 18.5 Å². The van der Waals surface area contributed by atoms with Crippen LogP contribution in [-0.2, 0) is 0 Å². The number of benzene rings is 1. The van der Waals surface area contributed by atoms with Gasteiger partial charge in [-0.2, -0.15) is 0 Å². The Hall–Kier alpha value is -1.07. The molecule has 1 aliphatic carbocycles. The number of anilines is 1. The SMILES string of the molecule is NC(=O)c1ccc(NC2CCCC2N)cc1Br. The second-order valence-electron chi connectivity index (χ2n) is 4.40. The van der Waals surface area contributed by atoms with E-state index in [0.29, 0.717) is 16.1 Å². The largest absolute Gasteiger partial charge is 0.381 e. The molecule has 4 nitrogen and oxygen atoms in total. The lowest BCUT2D eigenvalue weighted by molar-refractivity contribution is 0.0999. The first-order valence-corrected chi connectivity index (χ1v) is 6.48. The third-order valence-corrected chi connectivity index (χ3v) is 3.81. The third kappa shape index (κ3) is 2.79. The molecule has 2 rings (SSSR count). The maximum absolute atomic E-state index is 11.1. The van der Waals surface area contributed by atoms with E-state index in [1.807, 2.05) is 12.1 Å². The van der Waals surface area contributed by atoms with Gasteiger partial charge in [-0.1, -0.05) is 0 Å². The maximum atomic E-state index is 11.1. The highest BCUT2D eigenvalue weighted by Gasteiger charge is 2.23. The first kappa shape index (κ1) is 12.4. The van der Waals surface area contributed by atoms with Crippen LogP contribution in [0, 0.1) is 0 Å². The number of carbonyl (C=O) groups excluding carboxylic acids is 1. The fourth-order valence-corrected chi connectivity index (χ4v) is 2.76. The molecule has 0 radical (unpaired) electrons. The molecular weight excluding hydrogens is 282 g/mol. The van der Waals surface area contributed by atoms with Gasteiger partial charge >= 0.3 is 0 Å². The molecule has 1 aromatic carbocycles. The molecule has 1 amide bonds. The minimum absolute atomic E-state index is 0.213. The van der Waals surface area contributed by atoms with Crippen LogP contribution in [0.1, 0.15) is 29.6 Å². The number of carbonyl (C=O) groups is 1. The van der Waals surface area contributed by atoms with Crippen LogP contribution in [0.3, 0.4) is 0 Å². The molecule has 92 valence electrons. The summed E-state index contributed by atoms with van der Waals surface area (Å²) in [5.41, 5.74) is 12.7. The lowest BCUT2D eigenvalue weighted by Gasteiger charge is -2.19. The van der Waals surface area contributed by atoms with Crippen LogP contribution in [0.15, 0.2) is 22.7 Å². The van der Waals surface area contributed by atoms with Crippen LogP contribution in [-0.4, -0.2) is 18.0 Å². The van der Waals surface area contributed by atoms with Gasteiger partial charge in [0.2, 0.25) is 5.91 Å². The smallest absolute Gasteiger partial charge is 0.249 e. The van der Waals surface area contributed by atoms with Crippen LogP contribution >= 0.6 is 15.9 Å². The van der Waals surface area contributed by atoms with Crippen molar-refractivity contribution in [2.75, 3.05) is 5.32 Å². The number of halogens is 1. The zero-order valence-corrected chi connectivity index (χ0v) is 11.0. The third-order valence-electron chi connectivity index (χ3n) is 3.16. The zero-order valence-electron chi connectivity index (χ0n) is 9.45. The fourth-order valence-electron chi connectivity index (χ4n) is 2.19. The van der Waals surface area contributed by atoms with E-state index in [9.17, 15) is 4.79 Å². The summed E-state index contributed by atoms with van der Waals surface area (Å²) >= 11 is 3.34. The topological polar surface area (TPSA) is 81.1 Å². The summed E-state index contributed by atoms with van der Waals surface area (Å²) in [5.74, 6) is -0.430. The van der Waals surface area contributed by atoms with Gasteiger partial charge in [0.25, 0.3) is 0 Å². The lowest BCUT2D eigenvalue weighted by Crippen LogP contribution is -2.35. The van der Waals surface area contributed by atoms with Crippen molar-refractivity contribution in [1.29, 1.82) is 0 Å². The van der Waals surface area contributed by atoms with E-state index in [-0.39, 0.29) is 6.04 Å². The summed E-state index contributed by atoms with van der Waals surface area (Å²) in [7, 11) is 0. The average molecular weight is 298 g/mol. The summed E-state index contributed by atoms with van der Waals surface area (Å²) < 4.78 is 0.710. The highest BCUT2D eigenvalue weighted by Crippen LogP contribution is 2.25. The molecule has 1 fully saturated rings. The number of rotatable bonds is 3. The summed E-state index contributed by atoms with van der Waals surface area (Å²) in [6.07, 6.45) is 3.33. The normalized spacial score (nSPS) is 23.6. The molecule has 0 bridgehead atoms. The first-order valence-electron chi connectivity index (χ1n) is 5.69. The highest BCUT2D eigenvalue weighted by molar-refractivity contribution is 9.10. The van der Waals surface area contributed by atoms with E-state index in [2.05, 4.69) is 21.2 Å².